The van der Waals surface area contributed by atoms with E-state index in [-0.39, 0.29) is 37.7 Å². The summed E-state index contributed by atoms with van der Waals surface area (Å²) in [5, 5.41) is 15.1. The Bertz CT molecular complexity index is 1490. The smallest absolute Gasteiger partial charge is 0.408 e. The molecule has 0 aromatic heterocycles. The third-order valence-electron chi connectivity index (χ3n) is 7.45. The number of nitrogens with one attached hydrogen (secondary N) is 8. The average molecular weight is 778 g/mol. The van der Waals surface area contributed by atoms with E-state index in [2.05, 4.69) is 37.3 Å². The maximum absolute atomic E-state index is 13.2. The Morgan fingerprint density at radius 2 is 1.24 bits per heavy atom. The average Bonchev–Trinajstić information content (AvgIpc) is 3.12. The van der Waals surface area contributed by atoms with E-state index in [1.807, 2.05) is 39.2 Å². The van der Waals surface area contributed by atoms with E-state index in [0.29, 0.717) is 5.01 Å². The summed E-state index contributed by atoms with van der Waals surface area (Å²) in [6.45, 7) is 8.37. The predicted octanol–water partition coefficient (Wildman–Crippen LogP) is -2.11. The molecule has 306 valence electrons. The lowest BCUT2D eigenvalue weighted by Gasteiger charge is -2.27. The maximum atomic E-state index is 13.2. The Labute approximate surface area is 319 Å². The number of carbonyl (C=O) groups excluding carboxylic acids is 9. The normalized spacial score (nSPS) is 12.8. The minimum absolute atomic E-state index is 0.0189. The van der Waals surface area contributed by atoms with E-state index in [1.54, 1.807) is 24.3 Å². The van der Waals surface area contributed by atoms with Crippen LogP contribution in [0.2, 0.25) is 0 Å². The lowest BCUT2D eigenvalue weighted by Crippen LogP contribution is -2.59. The monoisotopic (exact) mass is 777 g/mol. The number of alkyl carbamates (subject to hydrolysis) is 1. The number of ether oxygens (including phenoxy) is 1. The SMILES string of the molecule is CC(C)C[C@H](NC(=O)CNC(=O)CNC(=O)N(CCC(N)=O)NC(=O)[C@H](C)NC(=O)[C@H](CC(C)C)NC(=O)[C@H](C)NC(=O)OCc1ccccc1)C(=O)NN. The van der Waals surface area contributed by atoms with Crippen molar-refractivity contribution in [3.8, 4) is 0 Å². The van der Waals surface area contributed by atoms with E-state index in [4.69, 9.17) is 16.3 Å². The van der Waals surface area contributed by atoms with Crippen molar-refractivity contribution >= 4 is 53.5 Å². The molecule has 1 aromatic carbocycles. The van der Waals surface area contributed by atoms with Gasteiger partial charge in [-0.2, -0.15) is 0 Å². The lowest BCUT2D eigenvalue weighted by molar-refractivity contribution is -0.133. The fourth-order valence-electron chi connectivity index (χ4n) is 4.59. The van der Waals surface area contributed by atoms with Gasteiger partial charge in [0.25, 0.3) is 11.8 Å². The van der Waals surface area contributed by atoms with Crippen molar-refractivity contribution < 1.29 is 47.9 Å². The van der Waals surface area contributed by atoms with Crippen LogP contribution in [0.3, 0.4) is 0 Å². The highest BCUT2D eigenvalue weighted by molar-refractivity contribution is 5.94. The molecule has 0 fully saturated rings. The Morgan fingerprint density at radius 3 is 1.80 bits per heavy atom. The van der Waals surface area contributed by atoms with Crippen LogP contribution in [0.15, 0.2) is 30.3 Å². The second-order valence-corrected chi connectivity index (χ2v) is 13.4. The predicted molar refractivity (Wildman–Crippen MR) is 197 cm³/mol. The van der Waals surface area contributed by atoms with Gasteiger partial charge in [-0.05, 0) is 44.1 Å². The molecule has 0 saturated carbocycles. The molecular weight excluding hydrogens is 722 g/mol. The zero-order chi connectivity index (χ0) is 41.7. The van der Waals surface area contributed by atoms with Crippen LogP contribution in [0.4, 0.5) is 9.59 Å². The number of benzene rings is 1. The highest BCUT2D eigenvalue weighted by Crippen LogP contribution is 2.07. The molecule has 0 spiro atoms. The van der Waals surface area contributed by atoms with Crippen LogP contribution >= 0.6 is 0 Å². The fourth-order valence-corrected chi connectivity index (χ4v) is 4.59. The zero-order valence-electron chi connectivity index (χ0n) is 32.0. The Hall–Kier alpha value is -5.99. The first kappa shape index (κ1) is 47.0. The van der Waals surface area contributed by atoms with Crippen LogP contribution in [0.25, 0.3) is 0 Å². The third-order valence-corrected chi connectivity index (χ3v) is 7.45. The summed E-state index contributed by atoms with van der Waals surface area (Å²) in [5.74, 6) is -0.137. The first-order chi connectivity index (χ1) is 25.8. The van der Waals surface area contributed by atoms with Gasteiger partial charge in [-0.1, -0.05) is 58.0 Å². The van der Waals surface area contributed by atoms with E-state index >= 15 is 0 Å². The van der Waals surface area contributed by atoms with Gasteiger partial charge in [-0.3, -0.25) is 44.4 Å². The number of hydrazine groups is 2. The number of urea groups is 1. The van der Waals surface area contributed by atoms with Gasteiger partial charge in [0, 0.05) is 6.42 Å². The second kappa shape index (κ2) is 24.3. The highest BCUT2D eigenvalue weighted by Gasteiger charge is 2.29. The summed E-state index contributed by atoms with van der Waals surface area (Å²) in [6, 6.07) is 3.44. The number of carbonyl (C=O) groups is 9. The van der Waals surface area contributed by atoms with Crippen molar-refractivity contribution in [3.63, 3.8) is 0 Å². The fraction of sp³-hybridized carbons (Fsp3) is 0.559. The van der Waals surface area contributed by atoms with Crippen LogP contribution in [-0.2, 0) is 44.9 Å². The molecule has 55 heavy (non-hydrogen) atoms. The summed E-state index contributed by atoms with van der Waals surface area (Å²) in [5.41, 5.74) is 10.2. The van der Waals surface area contributed by atoms with Gasteiger partial charge in [-0.25, -0.2) is 20.4 Å². The molecular formula is C34H55N11O10. The molecule has 21 nitrogen and oxygen atoms in total. The minimum Gasteiger partial charge on any atom is -0.445 e. The molecule has 0 radical (unpaired) electrons. The van der Waals surface area contributed by atoms with Crippen molar-refractivity contribution in [2.24, 2.45) is 23.4 Å². The molecule has 0 aliphatic heterocycles. The molecule has 10 amide bonds. The van der Waals surface area contributed by atoms with E-state index in [0.717, 1.165) is 5.56 Å². The van der Waals surface area contributed by atoms with Gasteiger partial charge in [0.1, 0.15) is 30.8 Å². The van der Waals surface area contributed by atoms with E-state index < -0.39 is 97.3 Å². The number of rotatable bonds is 21. The Morgan fingerprint density at radius 1 is 0.673 bits per heavy atom. The number of nitrogens with zero attached hydrogens (tertiary/aromatic N) is 1. The minimum atomic E-state index is -1.28. The van der Waals surface area contributed by atoms with E-state index in [1.165, 1.54) is 13.8 Å². The summed E-state index contributed by atoms with van der Waals surface area (Å²) in [6.07, 6.45) is -0.783. The lowest BCUT2D eigenvalue weighted by atomic mass is 10.0. The molecule has 0 heterocycles. The van der Waals surface area contributed by atoms with Gasteiger partial charge < -0.3 is 42.4 Å². The summed E-state index contributed by atoms with van der Waals surface area (Å²) >= 11 is 0. The van der Waals surface area contributed by atoms with Crippen LogP contribution in [0, 0.1) is 11.8 Å². The number of amides is 10. The number of hydrogen-bond donors (Lipinski definition) is 10. The van der Waals surface area contributed by atoms with Gasteiger partial charge in [0.15, 0.2) is 0 Å². The number of hydrogen-bond acceptors (Lipinski definition) is 11. The summed E-state index contributed by atoms with van der Waals surface area (Å²) < 4.78 is 5.14. The van der Waals surface area contributed by atoms with E-state index in [9.17, 15) is 43.2 Å². The quantitative estimate of drug-likeness (QED) is 0.0366. The molecule has 0 aliphatic rings. The van der Waals surface area contributed by atoms with Gasteiger partial charge in [0.05, 0.1) is 19.6 Å². The number of primary amides is 1. The van der Waals surface area contributed by atoms with Crippen LogP contribution in [-0.4, -0.2) is 102 Å². The largest absolute Gasteiger partial charge is 0.445 e. The van der Waals surface area contributed by atoms with Crippen LogP contribution < -0.4 is 54.3 Å². The molecule has 1 aromatic rings. The van der Waals surface area contributed by atoms with Gasteiger partial charge >= 0.3 is 12.1 Å². The topological polar surface area (TPSA) is 314 Å². The van der Waals surface area contributed by atoms with Gasteiger partial charge in [-0.15, -0.1) is 0 Å². The highest BCUT2D eigenvalue weighted by atomic mass is 16.5. The molecule has 4 atom stereocenters. The van der Waals surface area contributed by atoms with Crippen LogP contribution in [0.5, 0.6) is 0 Å². The Balaban J connectivity index is 2.77. The molecule has 1 rings (SSSR count). The summed E-state index contributed by atoms with van der Waals surface area (Å²) in [7, 11) is 0. The molecule has 12 N–H and O–H groups in total. The standard InChI is InChI=1S/C34H55N11O10/c1-19(2)14-24(42-29(49)21(5)40-34(54)55-18-23-10-8-7-9-11-23)31(51)39-22(6)30(50)44-45(13-12-26(35)46)33(53)38-16-27(47)37-17-28(48)41-25(15-20(3)4)32(52)43-36/h7-11,19-22,24-25H,12-18,36H2,1-6H3,(H2,35,46)(H,37,47)(H,38,53)(H,39,51)(H,40,54)(H,41,48)(H,42,49)(H,43,52)(H,44,50)/t21-,22-,24-,25-/m0/s1. The molecule has 0 saturated heterocycles. The maximum Gasteiger partial charge on any atom is 0.408 e. The number of nitrogens with two attached hydrogens (primary N) is 2. The first-order valence-electron chi connectivity index (χ1n) is 17.6. The van der Waals surface area contributed by atoms with Crippen molar-refractivity contribution in [1.82, 2.24) is 47.8 Å². The van der Waals surface area contributed by atoms with Gasteiger partial charge in [0.2, 0.25) is 29.5 Å². The first-order valence-corrected chi connectivity index (χ1v) is 17.6. The molecule has 0 aliphatic carbocycles. The molecule has 0 bridgehead atoms. The third kappa shape index (κ3) is 19.6. The molecule has 21 heteroatoms. The summed E-state index contributed by atoms with van der Waals surface area (Å²) in [4.78, 5) is 112. The van der Waals surface area contributed by atoms with Crippen molar-refractivity contribution in [2.75, 3.05) is 19.6 Å². The van der Waals surface area contributed by atoms with Crippen LogP contribution in [0.1, 0.15) is 66.4 Å². The zero-order valence-corrected chi connectivity index (χ0v) is 32.0. The van der Waals surface area contributed by atoms with Crippen molar-refractivity contribution in [3.05, 3.63) is 35.9 Å². The Kier molecular flexibility index (Phi) is 20.8. The second-order valence-electron chi connectivity index (χ2n) is 13.4. The van der Waals surface area contributed by atoms with Crippen molar-refractivity contribution in [1.29, 1.82) is 0 Å². The van der Waals surface area contributed by atoms with Crippen molar-refractivity contribution in [2.45, 2.75) is 91.6 Å². The molecule has 0 unspecified atom stereocenters.